The van der Waals surface area contributed by atoms with Crippen molar-refractivity contribution >= 4 is 28.7 Å². The second kappa shape index (κ2) is 8.97. The summed E-state index contributed by atoms with van der Waals surface area (Å²) >= 11 is 1.24. The number of nitrogens with one attached hydrogen (secondary N) is 1. The van der Waals surface area contributed by atoms with E-state index in [-0.39, 0.29) is 36.0 Å². The Balaban J connectivity index is 1.48. The molecule has 0 fully saturated rings. The maximum Gasteiger partial charge on any atom is 0.263 e. The number of ether oxygens (including phenoxy) is 2. The molecule has 31 heavy (non-hydrogen) atoms. The Bertz CT molecular complexity index is 1180. The molecule has 4 rings (SSSR count). The molecule has 2 aromatic heterocycles. The second-order valence-corrected chi connectivity index (χ2v) is 8.71. The highest BCUT2D eigenvalue weighted by Crippen LogP contribution is 2.34. The van der Waals surface area contributed by atoms with E-state index in [9.17, 15) is 9.59 Å². The van der Waals surface area contributed by atoms with Gasteiger partial charge in [0.05, 0.1) is 17.2 Å². The monoisotopic (exact) mass is 440 g/mol. The van der Waals surface area contributed by atoms with Gasteiger partial charge >= 0.3 is 0 Å². The molecule has 1 N–H and O–H groups in total. The highest BCUT2D eigenvalue weighted by atomic mass is 32.2. The molecule has 0 aliphatic carbocycles. The number of fused-ring (bicyclic) bond motifs is 2. The number of thioether (sulfide) groups is 1. The predicted octanol–water partition coefficient (Wildman–Crippen LogP) is 3.15. The van der Waals surface area contributed by atoms with Gasteiger partial charge in [-0.25, -0.2) is 9.97 Å². The summed E-state index contributed by atoms with van der Waals surface area (Å²) in [7, 11) is 0. The van der Waals surface area contributed by atoms with Crippen molar-refractivity contribution in [2.24, 2.45) is 5.92 Å². The Morgan fingerprint density at radius 3 is 2.84 bits per heavy atom. The maximum absolute atomic E-state index is 12.9. The van der Waals surface area contributed by atoms with Crippen LogP contribution in [0.5, 0.6) is 11.5 Å². The van der Waals surface area contributed by atoms with Gasteiger partial charge in [-0.1, -0.05) is 31.7 Å². The zero-order valence-corrected chi connectivity index (χ0v) is 18.4. The molecule has 1 amide bonds. The second-order valence-electron chi connectivity index (χ2n) is 7.77. The van der Waals surface area contributed by atoms with Crippen molar-refractivity contribution in [1.82, 2.24) is 19.9 Å². The Morgan fingerprint density at radius 1 is 1.23 bits per heavy atom. The van der Waals surface area contributed by atoms with Crippen molar-refractivity contribution in [3.63, 3.8) is 0 Å². The predicted molar refractivity (Wildman–Crippen MR) is 118 cm³/mol. The number of carbonyl (C=O) groups excluding carboxylic acids is 1. The van der Waals surface area contributed by atoms with Gasteiger partial charge in [-0.3, -0.25) is 14.2 Å². The van der Waals surface area contributed by atoms with Crippen LogP contribution in [0.3, 0.4) is 0 Å². The molecule has 0 spiro atoms. The van der Waals surface area contributed by atoms with Crippen molar-refractivity contribution in [3.05, 3.63) is 52.4 Å². The quantitative estimate of drug-likeness (QED) is 0.445. The third-order valence-electron chi connectivity index (χ3n) is 4.85. The number of carbonyl (C=O) groups is 1. The summed E-state index contributed by atoms with van der Waals surface area (Å²) in [5.41, 5.74) is 1.18. The Morgan fingerprint density at radius 2 is 2.03 bits per heavy atom. The zero-order chi connectivity index (χ0) is 22.0. The lowest BCUT2D eigenvalue weighted by Gasteiger charge is -2.16. The summed E-state index contributed by atoms with van der Waals surface area (Å²) < 4.78 is 12.4. The number of rotatable bonds is 7. The molecule has 0 saturated carbocycles. The number of hydrogen-bond donors (Lipinski definition) is 1. The zero-order valence-electron chi connectivity index (χ0n) is 17.6. The van der Waals surface area contributed by atoms with Crippen LogP contribution in [0.4, 0.5) is 0 Å². The minimum atomic E-state index is -0.202. The average molecular weight is 441 g/mol. The van der Waals surface area contributed by atoms with E-state index in [1.165, 1.54) is 11.8 Å². The van der Waals surface area contributed by atoms with E-state index in [1.807, 2.05) is 39.0 Å². The number of amides is 1. The summed E-state index contributed by atoms with van der Waals surface area (Å²) in [6, 6.07) is 8.86. The van der Waals surface area contributed by atoms with Gasteiger partial charge in [0.2, 0.25) is 12.7 Å². The van der Waals surface area contributed by atoms with Gasteiger partial charge in [-0.05, 0) is 42.7 Å². The molecule has 1 atom stereocenters. The summed E-state index contributed by atoms with van der Waals surface area (Å²) in [4.78, 5) is 34.3. The summed E-state index contributed by atoms with van der Waals surface area (Å²) in [5.74, 6) is 1.63. The van der Waals surface area contributed by atoms with Crippen molar-refractivity contribution < 1.29 is 14.3 Å². The number of benzene rings is 1. The Kier molecular flexibility index (Phi) is 6.13. The topological polar surface area (TPSA) is 95.3 Å². The molecule has 3 aromatic rings. The molecule has 1 aliphatic heterocycles. The molecular weight excluding hydrogens is 416 g/mol. The molecule has 1 aromatic carbocycles. The molecule has 9 heteroatoms. The number of pyridine rings is 1. The van der Waals surface area contributed by atoms with Crippen LogP contribution < -0.4 is 20.3 Å². The minimum absolute atomic E-state index is 0.136. The molecule has 0 radical (unpaired) electrons. The molecule has 162 valence electrons. The first kappa shape index (κ1) is 21.2. The fourth-order valence-corrected chi connectivity index (χ4v) is 4.16. The highest BCUT2D eigenvalue weighted by Gasteiger charge is 2.18. The number of nitrogens with zero attached hydrogens (tertiary/aromatic N) is 3. The molecule has 0 bridgehead atoms. The van der Waals surface area contributed by atoms with Gasteiger partial charge in [0, 0.05) is 12.7 Å². The van der Waals surface area contributed by atoms with E-state index in [0.717, 1.165) is 5.56 Å². The first-order valence-corrected chi connectivity index (χ1v) is 11.1. The molecular formula is C22H24N4O4S. The molecule has 8 nitrogen and oxygen atoms in total. The standard InChI is InChI=1S/C22H24N4O4S/c1-13(2)10-26-21(28)16-5-4-8-23-20(16)25-22(26)31-11-19(27)24-14(3)15-6-7-17-18(9-15)30-12-29-17/h4-9,13-14H,10-12H2,1-3H3,(H,24,27)/t14-/m0/s1. The van der Waals surface area contributed by atoms with Gasteiger partial charge in [0.15, 0.2) is 22.3 Å². The third-order valence-corrected chi connectivity index (χ3v) is 5.83. The summed E-state index contributed by atoms with van der Waals surface area (Å²) in [5, 5.41) is 3.96. The third kappa shape index (κ3) is 4.66. The van der Waals surface area contributed by atoms with Crippen LogP contribution in [0.2, 0.25) is 0 Å². The minimum Gasteiger partial charge on any atom is -0.454 e. The van der Waals surface area contributed by atoms with Crippen LogP contribution in [0.25, 0.3) is 11.0 Å². The smallest absolute Gasteiger partial charge is 0.263 e. The summed E-state index contributed by atoms with van der Waals surface area (Å²) in [6.07, 6.45) is 1.61. The summed E-state index contributed by atoms with van der Waals surface area (Å²) in [6.45, 7) is 6.71. The average Bonchev–Trinajstić information content (AvgIpc) is 3.22. The normalized spacial score (nSPS) is 13.5. The maximum atomic E-state index is 12.9. The van der Waals surface area contributed by atoms with Crippen molar-refractivity contribution in [2.45, 2.75) is 38.5 Å². The van der Waals surface area contributed by atoms with E-state index >= 15 is 0 Å². The van der Waals surface area contributed by atoms with Crippen LogP contribution >= 0.6 is 11.8 Å². The lowest BCUT2D eigenvalue weighted by Crippen LogP contribution is -2.29. The fraction of sp³-hybridized carbons (Fsp3) is 0.364. The van der Waals surface area contributed by atoms with E-state index in [1.54, 1.807) is 22.9 Å². The first-order valence-electron chi connectivity index (χ1n) is 10.1. The van der Waals surface area contributed by atoms with Crippen LogP contribution in [0.15, 0.2) is 46.5 Å². The van der Waals surface area contributed by atoms with Crippen LogP contribution in [-0.2, 0) is 11.3 Å². The molecule has 0 saturated heterocycles. The van der Waals surface area contributed by atoms with E-state index in [2.05, 4.69) is 15.3 Å². The van der Waals surface area contributed by atoms with Crippen molar-refractivity contribution in [2.75, 3.05) is 12.5 Å². The van der Waals surface area contributed by atoms with Crippen LogP contribution in [-0.4, -0.2) is 33.0 Å². The van der Waals surface area contributed by atoms with E-state index < -0.39 is 0 Å². The highest BCUT2D eigenvalue weighted by molar-refractivity contribution is 7.99. The SMILES string of the molecule is CC(C)Cn1c(SCC(=O)N[C@@H](C)c2ccc3c(c2)OCO3)nc2ncccc2c1=O. The fourth-order valence-electron chi connectivity index (χ4n) is 3.35. The van der Waals surface area contributed by atoms with Gasteiger partial charge in [-0.2, -0.15) is 0 Å². The van der Waals surface area contributed by atoms with Gasteiger partial charge < -0.3 is 14.8 Å². The molecule has 0 unspecified atom stereocenters. The Labute approximate surface area is 184 Å². The molecule has 3 heterocycles. The lowest BCUT2D eigenvalue weighted by molar-refractivity contribution is -0.119. The van der Waals surface area contributed by atoms with Crippen molar-refractivity contribution in [3.8, 4) is 11.5 Å². The van der Waals surface area contributed by atoms with E-state index in [0.29, 0.717) is 34.2 Å². The number of aromatic nitrogens is 3. The van der Waals surface area contributed by atoms with E-state index in [4.69, 9.17) is 9.47 Å². The Hall–Kier alpha value is -3.07. The first-order chi connectivity index (χ1) is 14.9. The largest absolute Gasteiger partial charge is 0.454 e. The van der Waals surface area contributed by atoms with Gasteiger partial charge in [0.25, 0.3) is 5.56 Å². The van der Waals surface area contributed by atoms with Crippen LogP contribution in [0.1, 0.15) is 32.4 Å². The van der Waals surface area contributed by atoms with Gasteiger partial charge in [0.1, 0.15) is 0 Å². The number of hydrogen-bond acceptors (Lipinski definition) is 7. The van der Waals surface area contributed by atoms with Gasteiger partial charge in [-0.15, -0.1) is 0 Å². The van der Waals surface area contributed by atoms with Crippen LogP contribution in [0, 0.1) is 5.92 Å². The lowest BCUT2D eigenvalue weighted by atomic mass is 10.1. The van der Waals surface area contributed by atoms with Crippen molar-refractivity contribution in [1.29, 1.82) is 0 Å². The molecule has 1 aliphatic rings.